The molecule has 1 rings (SSSR count). The molecular formula is C6H14N2S. The molecule has 1 aliphatic rings. The quantitative estimate of drug-likeness (QED) is 0.539. The predicted molar refractivity (Wildman–Crippen MR) is 44.1 cm³/mol. The van der Waals surface area contributed by atoms with Gasteiger partial charge >= 0.3 is 0 Å². The van der Waals surface area contributed by atoms with Crippen molar-refractivity contribution < 1.29 is 0 Å². The van der Waals surface area contributed by atoms with E-state index in [-0.39, 0.29) is 0 Å². The number of hydrogen-bond acceptors (Lipinski definition) is 3. The summed E-state index contributed by atoms with van der Waals surface area (Å²) in [5.74, 6) is 2.93. The number of nitrogens with one attached hydrogen (secondary N) is 2. The van der Waals surface area contributed by atoms with Gasteiger partial charge in [0.2, 0.25) is 0 Å². The Morgan fingerprint density at radius 1 is 1.33 bits per heavy atom. The lowest BCUT2D eigenvalue weighted by Crippen LogP contribution is -2.30. The van der Waals surface area contributed by atoms with E-state index in [9.17, 15) is 0 Å². The molecule has 0 unspecified atom stereocenters. The lowest BCUT2D eigenvalue weighted by molar-refractivity contribution is 0.789. The van der Waals surface area contributed by atoms with Gasteiger partial charge in [-0.1, -0.05) is 20.4 Å². The minimum atomic E-state index is 0.943. The zero-order valence-corrected chi connectivity index (χ0v) is 6.85. The van der Waals surface area contributed by atoms with Crippen molar-refractivity contribution in [2.24, 2.45) is 0 Å². The van der Waals surface area contributed by atoms with Crippen LogP contribution in [0.15, 0.2) is 12.4 Å². The highest BCUT2D eigenvalue weighted by molar-refractivity contribution is 7.99. The van der Waals surface area contributed by atoms with E-state index in [2.05, 4.69) is 17.2 Å². The molecule has 1 heterocycles. The van der Waals surface area contributed by atoms with E-state index in [0.29, 0.717) is 0 Å². The summed E-state index contributed by atoms with van der Waals surface area (Å²) in [7, 11) is 0. The van der Waals surface area contributed by atoms with E-state index in [1.54, 1.807) is 0 Å². The average molecular weight is 146 g/mol. The summed E-state index contributed by atoms with van der Waals surface area (Å²) in [4.78, 5) is 0. The fraction of sp³-hybridized carbons (Fsp3) is 0.667. The monoisotopic (exact) mass is 146 g/mol. The third-order valence-electron chi connectivity index (χ3n) is 0.775. The maximum Gasteiger partial charge on any atom is 0.0925 e. The third-order valence-corrected chi connectivity index (χ3v) is 1.47. The summed E-state index contributed by atoms with van der Waals surface area (Å²) in [6.07, 6.45) is 0. The largest absolute Gasteiger partial charge is 0.363 e. The van der Waals surface area contributed by atoms with Crippen LogP contribution in [0.4, 0.5) is 0 Å². The van der Waals surface area contributed by atoms with Crippen molar-refractivity contribution in [3.8, 4) is 0 Å². The predicted octanol–water partition coefficient (Wildman–Crippen LogP) is 1.32. The van der Waals surface area contributed by atoms with E-state index in [0.717, 1.165) is 17.6 Å². The number of hydrogen-bond donors (Lipinski definition) is 2. The maximum atomic E-state index is 3.68. The fourth-order valence-corrected chi connectivity index (χ4v) is 1.04. The second kappa shape index (κ2) is 5.82. The van der Waals surface area contributed by atoms with Gasteiger partial charge < -0.3 is 10.6 Å². The molecule has 1 aliphatic heterocycles. The van der Waals surface area contributed by atoms with E-state index in [1.807, 2.05) is 25.6 Å². The first-order chi connectivity index (χ1) is 4.39. The molecule has 9 heavy (non-hydrogen) atoms. The molecule has 3 heteroatoms. The van der Waals surface area contributed by atoms with Crippen LogP contribution in [0.1, 0.15) is 13.8 Å². The molecule has 0 radical (unpaired) electrons. The van der Waals surface area contributed by atoms with E-state index in [4.69, 9.17) is 0 Å². The molecule has 1 fully saturated rings. The Hall–Kier alpha value is -0.310. The van der Waals surface area contributed by atoms with Crippen LogP contribution in [0.3, 0.4) is 0 Å². The molecule has 0 saturated carbocycles. The Labute approximate surface area is 61.1 Å². The smallest absolute Gasteiger partial charge is 0.0925 e. The maximum absolute atomic E-state index is 3.68. The van der Waals surface area contributed by atoms with Crippen LogP contribution >= 0.6 is 11.8 Å². The highest BCUT2D eigenvalue weighted by atomic mass is 32.2. The number of rotatable bonds is 0. The highest BCUT2D eigenvalue weighted by Gasteiger charge is 1.96. The first kappa shape index (κ1) is 8.69. The van der Waals surface area contributed by atoms with Crippen molar-refractivity contribution in [3.05, 3.63) is 12.4 Å². The van der Waals surface area contributed by atoms with Crippen molar-refractivity contribution in [2.75, 3.05) is 11.8 Å². The van der Waals surface area contributed by atoms with Crippen molar-refractivity contribution in [2.45, 2.75) is 13.8 Å². The molecule has 2 N–H and O–H groups in total. The van der Waals surface area contributed by atoms with Gasteiger partial charge in [0.05, 0.1) is 17.6 Å². The molecule has 1 saturated heterocycles. The minimum absolute atomic E-state index is 0.943. The van der Waals surface area contributed by atoms with Crippen LogP contribution in [0, 0.1) is 0 Å². The zero-order chi connectivity index (χ0) is 7.11. The van der Waals surface area contributed by atoms with Gasteiger partial charge in [-0.2, -0.15) is 0 Å². The second-order valence-electron chi connectivity index (χ2n) is 1.32. The van der Waals surface area contributed by atoms with Gasteiger partial charge in [0, 0.05) is 0 Å². The van der Waals surface area contributed by atoms with Gasteiger partial charge in [0.25, 0.3) is 0 Å². The summed E-state index contributed by atoms with van der Waals surface area (Å²) in [6.45, 7) is 7.68. The normalized spacial score (nSPS) is 16.4. The van der Waals surface area contributed by atoms with E-state index >= 15 is 0 Å². The third kappa shape index (κ3) is 4.21. The van der Waals surface area contributed by atoms with Gasteiger partial charge in [-0.15, -0.1) is 11.8 Å². The number of thioether (sulfide) groups is 1. The topological polar surface area (TPSA) is 24.1 Å². The van der Waals surface area contributed by atoms with Gasteiger partial charge in [0.1, 0.15) is 0 Å². The van der Waals surface area contributed by atoms with Crippen LogP contribution in [-0.4, -0.2) is 11.8 Å². The lowest BCUT2D eigenvalue weighted by atomic mass is 10.8. The second-order valence-corrected chi connectivity index (χ2v) is 2.31. The van der Waals surface area contributed by atoms with Crippen molar-refractivity contribution in [1.29, 1.82) is 0 Å². The van der Waals surface area contributed by atoms with Crippen LogP contribution in [0.2, 0.25) is 0 Å². The Morgan fingerprint density at radius 3 is 2.00 bits per heavy atom. The van der Waals surface area contributed by atoms with Crippen molar-refractivity contribution in [1.82, 2.24) is 10.6 Å². The summed E-state index contributed by atoms with van der Waals surface area (Å²) in [5, 5.41) is 6.08. The van der Waals surface area contributed by atoms with E-state index in [1.165, 1.54) is 0 Å². The molecule has 0 bridgehead atoms. The molecule has 0 aromatic heterocycles. The fourth-order valence-electron chi connectivity index (χ4n) is 0.390. The Morgan fingerprint density at radius 2 is 1.78 bits per heavy atom. The van der Waals surface area contributed by atoms with Crippen LogP contribution in [0.5, 0.6) is 0 Å². The molecule has 2 nitrogen and oxygen atoms in total. The summed E-state index contributed by atoms with van der Waals surface area (Å²) < 4.78 is 0. The zero-order valence-electron chi connectivity index (χ0n) is 6.03. The lowest BCUT2D eigenvalue weighted by Gasteiger charge is -2.16. The van der Waals surface area contributed by atoms with Crippen LogP contribution in [-0.2, 0) is 0 Å². The summed E-state index contributed by atoms with van der Waals surface area (Å²) >= 11 is 1.82. The molecular weight excluding hydrogens is 132 g/mol. The van der Waals surface area contributed by atoms with Crippen LogP contribution < -0.4 is 10.6 Å². The molecule has 0 aromatic carbocycles. The molecule has 54 valence electrons. The molecule has 0 aliphatic carbocycles. The molecule has 0 atom stereocenters. The summed E-state index contributed by atoms with van der Waals surface area (Å²) in [6, 6.07) is 0. The van der Waals surface area contributed by atoms with Crippen molar-refractivity contribution >= 4 is 11.8 Å². The van der Waals surface area contributed by atoms with Gasteiger partial charge in [-0.3, -0.25) is 0 Å². The van der Waals surface area contributed by atoms with E-state index < -0.39 is 0 Å². The minimum Gasteiger partial charge on any atom is -0.363 e. The Kier molecular flexibility index (Phi) is 5.62. The average Bonchev–Trinajstić information content (AvgIpc) is 1.94. The van der Waals surface area contributed by atoms with Gasteiger partial charge in [-0.05, 0) is 0 Å². The first-order valence-electron chi connectivity index (χ1n) is 3.14. The highest BCUT2D eigenvalue weighted by Crippen LogP contribution is 1.99. The van der Waals surface area contributed by atoms with Crippen LogP contribution in [0.25, 0.3) is 0 Å². The first-order valence-corrected chi connectivity index (χ1v) is 4.29. The SMILES string of the molecule is C=C1NCSCN1.CC. The van der Waals surface area contributed by atoms with Gasteiger partial charge in [-0.25, -0.2) is 0 Å². The Bertz CT molecular complexity index is 75.1. The molecule has 0 amide bonds. The molecule has 0 spiro atoms. The van der Waals surface area contributed by atoms with Gasteiger partial charge in [0.15, 0.2) is 0 Å². The molecule has 0 aromatic rings. The Balaban J connectivity index is 0.000000291. The van der Waals surface area contributed by atoms with Crippen molar-refractivity contribution in [3.63, 3.8) is 0 Å². The standard InChI is InChI=1S/C4H8N2S.C2H6/c1-4-5-2-7-3-6-4;1-2/h5-6H,1-3H2;1-2H3. The summed E-state index contributed by atoms with van der Waals surface area (Å²) in [5.41, 5.74) is 0.